The average molecular weight is 264 g/mol. The maximum absolute atomic E-state index is 10.8. The van der Waals surface area contributed by atoms with Crippen molar-refractivity contribution in [2.24, 2.45) is 0 Å². The second-order valence-electron chi connectivity index (χ2n) is 5.21. The van der Waals surface area contributed by atoms with Crippen molar-refractivity contribution in [3.63, 3.8) is 0 Å². The molecule has 1 aliphatic carbocycles. The summed E-state index contributed by atoms with van der Waals surface area (Å²) < 4.78 is 0. The van der Waals surface area contributed by atoms with Gasteiger partial charge in [-0.15, -0.1) is 0 Å². The van der Waals surface area contributed by atoms with Crippen molar-refractivity contribution in [3.05, 3.63) is 33.9 Å². The van der Waals surface area contributed by atoms with Crippen LogP contribution in [0.1, 0.15) is 37.7 Å². The summed E-state index contributed by atoms with van der Waals surface area (Å²) in [4.78, 5) is 10.4. The largest absolute Gasteiger partial charge is 0.391 e. The topological polar surface area (TPSA) is 75.4 Å². The molecule has 1 saturated carbocycles. The fourth-order valence-electron chi connectivity index (χ4n) is 2.54. The highest BCUT2D eigenvalue weighted by molar-refractivity contribution is 5.57. The standard InChI is InChI=1S/C14H20N2O3/c1-10-7-8-11(16(18)19)9-13(10)15-12-5-3-2-4-6-14(12)17/h7-9,12,14-15,17H,2-6H2,1H3. The molecule has 1 aromatic rings. The van der Waals surface area contributed by atoms with Gasteiger partial charge in [0.2, 0.25) is 0 Å². The molecule has 1 aliphatic rings. The normalized spacial score (nSPS) is 23.7. The van der Waals surface area contributed by atoms with E-state index in [0.29, 0.717) is 0 Å². The molecule has 0 bridgehead atoms. The van der Waals surface area contributed by atoms with E-state index >= 15 is 0 Å². The van der Waals surface area contributed by atoms with Crippen molar-refractivity contribution < 1.29 is 10.0 Å². The van der Waals surface area contributed by atoms with Crippen molar-refractivity contribution >= 4 is 11.4 Å². The number of aryl methyl sites for hydroxylation is 1. The SMILES string of the molecule is Cc1ccc([N+](=O)[O-])cc1NC1CCCCCC1O. The Balaban J connectivity index is 2.16. The van der Waals surface area contributed by atoms with Crippen LogP contribution in [0.15, 0.2) is 18.2 Å². The highest BCUT2D eigenvalue weighted by atomic mass is 16.6. The molecule has 1 fully saturated rings. The number of aliphatic hydroxyl groups is 1. The first-order chi connectivity index (χ1) is 9.08. The lowest BCUT2D eigenvalue weighted by Crippen LogP contribution is -2.32. The summed E-state index contributed by atoms with van der Waals surface area (Å²) in [6.07, 6.45) is 4.61. The lowest BCUT2D eigenvalue weighted by Gasteiger charge is -2.23. The molecule has 0 aromatic heterocycles. The smallest absolute Gasteiger partial charge is 0.271 e. The van der Waals surface area contributed by atoms with Crippen LogP contribution in [0.25, 0.3) is 0 Å². The van der Waals surface area contributed by atoms with Gasteiger partial charge in [-0.3, -0.25) is 10.1 Å². The number of hydrogen-bond donors (Lipinski definition) is 2. The summed E-state index contributed by atoms with van der Waals surface area (Å²) in [7, 11) is 0. The van der Waals surface area contributed by atoms with E-state index < -0.39 is 4.92 Å². The second-order valence-corrected chi connectivity index (χ2v) is 5.21. The van der Waals surface area contributed by atoms with Crippen LogP contribution in [0.4, 0.5) is 11.4 Å². The molecule has 2 N–H and O–H groups in total. The van der Waals surface area contributed by atoms with E-state index in [2.05, 4.69) is 5.32 Å². The van der Waals surface area contributed by atoms with Gasteiger partial charge in [-0.1, -0.05) is 25.3 Å². The molecular weight excluding hydrogens is 244 g/mol. The molecule has 5 nitrogen and oxygen atoms in total. The van der Waals surface area contributed by atoms with Crippen molar-refractivity contribution in [2.75, 3.05) is 5.32 Å². The summed E-state index contributed by atoms with van der Waals surface area (Å²) in [6.45, 7) is 1.91. The molecule has 0 aliphatic heterocycles. The van der Waals surface area contributed by atoms with E-state index in [1.165, 1.54) is 6.07 Å². The van der Waals surface area contributed by atoms with Gasteiger partial charge < -0.3 is 10.4 Å². The van der Waals surface area contributed by atoms with Crippen molar-refractivity contribution in [1.29, 1.82) is 0 Å². The lowest BCUT2D eigenvalue weighted by atomic mass is 10.0. The Morgan fingerprint density at radius 1 is 1.32 bits per heavy atom. The maximum Gasteiger partial charge on any atom is 0.271 e. The first-order valence-electron chi connectivity index (χ1n) is 6.77. The number of aliphatic hydroxyl groups excluding tert-OH is 1. The fourth-order valence-corrected chi connectivity index (χ4v) is 2.54. The molecule has 0 spiro atoms. The molecule has 0 heterocycles. The average Bonchev–Trinajstić information content (AvgIpc) is 2.57. The molecule has 0 saturated heterocycles. The van der Waals surface area contributed by atoms with Gasteiger partial charge in [-0.05, 0) is 25.3 Å². The highest BCUT2D eigenvalue weighted by Gasteiger charge is 2.22. The Bertz CT molecular complexity index is 462. The number of nitrogens with zero attached hydrogens (tertiary/aromatic N) is 1. The number of nitro benzene ring substituents is 1. The van der Waals surface area contributed by atoms with E-state index in [9.17, 15) is 15.2 Å². The molecular formula is C14H20N2O3. The van der Waals surface area contributed by atoms with Gasteiger partial charge in [-0.25, -0.2) is 0 Å². The minimum absolute atomic E-state index is 0.0109. The van der Waals surface area contributed by atoms with E-state index in [-0.39, 0.29) is 17.8 Å². The minimum Gasteiger partial charge on any atom is -0.391 e. The van der Waals surface area contributed by atoms with Gasteiger partial charge >= 0.3 is 0 Å². The Morgan fingerprint density at radius 3 is 2.79 bits per heavy atom. The zero-order chi connectivity index (χ0) is 13.8. The predicted octanol–water partition coefficient (Wildman–Crippen LogP) is 3.01. The molecule has 2 unspecified atom stereocenters. The number of rotatable bonds is 3. The number of nitro groups is 1. The summed E-state index contributed by atoms with van der Waals surface area (Å²) in [6, 6.07) is 4.78. The quantitative estimate of drug-likeness (QED) is 0.500. The van der Waals surface area contributed by atoms with Crippen molar-refractivity contribution in [1.82, 2.24) is 0 Å². The molecule has 1 aromatic carbocycles. The highest BCUT2D eigenvalue weighted by Crippen LogP contribution is 2.26. The fraction of sp³-hybridized carbons (Fsp3) is 0.571. The molecule has 2 rings (SSSR count). The Hall–Kier alpha value is -1.62. The number of non-ortho nitro benzene ring substituents is 1. The molecule has 104 valence electrons. The van der Waals surface area contributed by atoms with Gasteiger partial charge in [-0.2, -0.15) is 0 Å². The van der Waals surface area contributed by atoms with Crippen LogP contribution in [-0.2, 0) is 0 Å². The molecule has 0 radical (unpaired) electrons. The molecule has 19 heavy (non-hydrogen) atoms. The number of nitrogens with one attached hydrogen (secondary N) is 1. The summed E-state index contributed by atoms with van der Waals surface area (Å²) in [5, 5.41) is 24.2. The third-order valence-electron chi connectivity index (χ3n) is 3.75. The van der Waals surface area contributed by atoms with E-state index in [4.69, 9.17) is 0 Å². The number of hydrogen-bond acceptors (Lipinski definition) is 4. The zero-order valence-corrected chi connectivity index (χ0v) is 11.1. The summed E-state index contributed by atoms with van der Waals surface area (Å²) >= 11 is 0. The second kappa shape index (κ2) is 6.02. The van der Waals surface area contributed by atoms with E-state index in [1.54, 1.807) is 12.1 Å². The maximum atomic E-state index is 10.8. The molecule has 2 atom stereocenters. The summed E-state index contributed by atoms with van der Waals surface area (Å²) in [5.41, 5.74) is 1.79. The van der Waals surface area contributed by atoms with Gasteiger partial charge in [0.05, 0.1) is 17.1 Å². The van der Waals surface area contributed by atoms with Crippen LogP contribution in [0, 0.1) is 17.0 Å². The van der Waals surface area contributed by atoms with Crippen LogP contribution < -0.4 is 5.32 Å². The van der Waals surface area contributed by atoms with E-state index in [1.807, 2.05) is 6.92 Å². The van der Waals surface area contributed by atoms with Crippen molar-refractivity contribution in [3.8, 4) is 0 Å². The van der Waals surface area contributed by atoms with Gasteiger partial charge in [0, 0.05) is 17.8 Å². The van der Waals surface area contributed by atoms with Gasteiger partial charge in [0.25, 0.3) is 5.69 Å². The van der Waals surface area contributed by atoms with Gasteiger partial charge in [0.15, 0.2) is 0 Å². The predicted molar refractivity (Wildman–Crippen MR) is 74.3 cm³/mol. The Morgan fingerprint density at radius 2 is 2.05 bits per heavy atom. The zero-order valence-electron chi connectivity index (χ0n) is 11.1. The lowest BCUT2D eigenvalue weighted by molar-refractivity contribution is -0.384. The van der Waals surface area contributed by atoms with Crippen LogP contribution in [-0.4, -0.2) is 22.2 Å². The van der Waals surface area contributed by atoms with Crippen LogP contribution in [0.5, 0.6) is 0 Å². The van der Waals surface area contributed by atoms with Crippen molar-refractivity contribution in [2.45, 2.75) is 51.2 Å². The van der Waals surface area contributed by atoms with Crippen LogP contribution in [0.3, 0.4) is 0 Å². The number of benzene rings is 1. The number of anilines is 1. The van der Waals surface area contributed by atoms with Gasteiger partial charge in [0.1, 0.15) is 0 Å². The third kappa shape index (κ3) is 3.44. The Labute approximate surface area is 112 Å². The first kappa shape index (κ1) is 13.8. The third-order valence-corrected chi connectivity index (χ3v) is 3.75. The molecule has 5 heteroatoms. The van der Waals surface area contributed by atoms with Crippen LogP contribution >= 0.6 is 0 Å². The monoisotopic (exact) mass is 264 g/mol. The summed E-state index contributed by atoms with van der Waals surface area (Å²) in [5.74, 6) is 0. The van der Waals surface area contributed by atoms with E-state index in [0.717, 1.165) is 43.4 Å². The van der Waals surface area contributed by atoms with Crippen LogP contribution in [0.2, 0.25) is 0 Å². The Kier molecular flexibility index (Phi) is 4.37. The minimum atomic E-state index is -0.395. The first-order valence-corrected chi connectivity index (χ1v) is 6.77. The molecule has 0 amide bonds.